The van der Waals surface area contributed by atoms with E-state index in [4.69, 9.17) is 11.6 Å². The number of Topliss-reactive ketones (excluding diaryl/α,β-unsaturated/α-hetero) is 1. The lowest BCUT2D eigenvalue weighted by Gasteiger charge is -2.17. The lowest BCUT2D eigenvalue weighted by Crippen LogP contribution is -2.33. The normalized spacial score (nSPS) is 14.4. The van der Waals surface area contributed by atoms with Gasteiger partial charge < -0.3 is 10.2 Å². The molecule has 0 atom stereocenters. The maximum absolute atomic E-state index is 11.9. The van der Waals surface area contributed by atoms with Crippen LogP contribution in [0.15, 0.2) is 18.2 Å². The van der Waals surface area contributed by atoms with Crippen LogP contribution in [0.1, 0.15) is 30.6 Å². The van der Waals surface area contributed by atoms with E-state index in [1.165, 1.54) is 4.90 Å². The molecule has 1 aliphatic heterocycles. The van der Waals surface area contributed by atoms with Crippen molar-refractivity contribution in [3.63, 3.8) is 0 Å². The molecule has 1 aliphatic rings. The third-order valence-corrected chi connectivity index (χ3v) is 3.28. The number of fused-ring (bicyclic) bond motifs is 1. The van der Waals surface area contributed by atoms with Crippen molar-refractivity contribution in [3.8, 4) is 0 Å². The molecular formula is C14H17ClN2O2. The number of carbonyl (C=O) groups excluding carboxylic acids is 2. The van der Waals surface area contributed by atoms with Crippen molar-refractivity contribution < 1.29 is 9.59 Å². The highest BCUT2D eigenvalue weighted by molar-refractivity contribution is 6.52. The number of benzene rings is 1. The van der Waals surface area contributed by atoms with Gasteiger partial charge in [0.25, 0.3) is 11.7 Å². The predicted octanol–water partition coefficient (Wildman–Crippen LogP) is 2.26. The van der Waals surface area contributed by atoms with E-state index in [1.807, 2.05) is 0 Å². The molecule has 0 unspecified atom stereocenters. The van der Waals surface area contributed by atoms with E-state index in [2.05, 4.69) is 19.2 Å². The Bertz CT molecular complexity index is 514. The zero-order valence-electron chi connectivity index (χ0n) is 11.1. The molecule has 1 N–H and O–H groups in total. The molecule has 5 heteroatoms. The molecule has 0 spiro atoms. The quantitative estimate of drug-likeness (QED) is 0.665. The van der Waals surface area contributed by atoms with E-state index in [-0.39, 0.29) is 0 Å². The first-order valence-electron chi connectivity index (χ1n) is 6.40. The number of ketones is 1. The number of rotatable bonds is 5. The van der Waals surface area contributed by atoms with E-state index in [0.29, 0.717) is 28.9 Å². The SMILES string of the molecule is CC(C)NCCCN1C(=O)C(=O)c2ccc(Cl)cc21. The standard InChI is InChI=1S/C14H17ClN2O2/c1-9(2)16-6-3-7-17-12-8-10(15)4-5-11(12)13(18)14(17)19/h4-5,8-9,16H,3,6-7H2,1-2H3. The predicted molar refractivity (Wildman–Crippen MR) is 75.9 cm³/mol. The average molecular weight is 281 g/mol. The third kappa shape index (κ3) is 2.96. The minimum Gasteiger partial charge on any atom is -0.314 e. The van der Waals surface area contributed by atoms with Crippen LogP contribution in [0.4, 0.5) is 5.69 Å². The summed E-state index contributed by atoms with van der Waals surface area (Å²) in [7, 11) is 0. The van der Waals surface area contributed by atoms with Crippen LogP contribution >= 0.6 is 11.6 Å². The third-order valence-electron chi connectivity index (χ3n) is 3.05. The first kappa shape index (κ1) is 14.0. The molecule has 0 fully saturated rings. The minimum atomic E-state index is -0.457. The summed E-state index contributed by atoms with van der Waals surface area (Å²) in [6.07, 6.45) is 0.795. The van der Waals surface area contributed by atoms with Crippen molar-refractivity contribution >= 4 is 29.0 Å². The summed E-state index contributed by atoms with van der Waals surface area (Å²) in [5.74, 6) is -0.898. The highest BCUT2D eigenvalue weighted by Gasteiger charge is 2.35. The number of amides is 1. The van der Waals surface area contributed by atoms with E-state index in [0.717, 1.165) is 13.0 Å². The lowest BCUT2D eigenvalue weighted by atomic mass is 10.1. The number of nitrogens with zero attached hydrogens (tertiary/aromatic N) is 1. The molecule has 0 aromatic heterocycles. The van der Waals surface area contributed by atoms with Gasteiger partial charge in [-0.25, -0.2) is 0 Å². The van der Waals surface area contributed by atoms with Crippen molar-refractivity contribution in [2.24, 2.45) is 0 Å². The maximum atomic E-state index is 11.9. The van der Waals surface area contributed by atoms with Gasteiger partial charge in [-0.05, 0) is 31.2 Å². The summed E-state index contributed by atoms with van der Waals surface area (Å²) < 4.78 is 0. The Morgan fingerprint density at radius 2 is 2.05 bits per heavy atom. The second kappa shape index (κ2) is 5.72. The van der Waals surface area contributed by atoms with Gasteiger partial charge in [-0.2, -0.15) is 0 Å². The van der Waals surface area contributed by atoms with Crippen LogP contribution in [0.2, 0.25) is 5.02 Å². The van der Waals surface area contributed by atoms with Crippen molar-refractivity contribution in [3.05, 3.63) is 28.8 Å². The molecule has 1 aromatic rings. The smallest absolute Gasteiger partial charge is 0.299 e. The van der Waals surface area contributed by atoms with Crippen LogP contribution in [-0.4, -0.2) is 30.8 Å². The Kier molecular flexibility index (Phi) is 4.22. The van der Waals surface area contributed by atoms with Crippen LogP contribution in [0.5, 0.6) is 0 Å². The Morgan fingerprint density at radius 3 is 2.74 bits per heavy atom. The van der Waals surface area contributed by atoms with Crippen LogP contribution in [-0.2, 0) is 4.79 Å². The summed E-state index contributed by atoms with van der Waals surface area (Å²) in [5, 5.41) is 3.82. The Labute approximate surface area is 117 Å². The number of carbonyl (C=O) groups is 2. The molecule has 1 aromatic carbocycles. The van der Waals surface area contributed by atoms with Gasteiger partial charge in [-0.1, -0.05) is 25.4 Å². The van der Waals surface area contributed by atoms with Gasteiger partial charge in [0.2, 0.25) is 0 Å². The Morgan fingerprint density at radius 1 is 1.32 bits per heavy atom. The Hall–Kier alpha value is -1.39. The van der Waals surface area contributed by atoms with Crippen LogP contribution in [0.3, 0.4) is 0 Å². The minimum absolute atomic E-state index is 0.414. The molecule has 1 heterocycles. The molecule has 2 rings (SSSR count). The number of halogens is 1. The second-order valence-electron chi connectivity index (χ2n) is 4.91. The van der Waals surface area contributed by atoms with Crippen molar-refractivity contribution in [2.75, 3.05) is 18.0 Å². The first-order chi connectivity index (χ1) is 9.00. The van der Waals surface area contributed by atoms with Crippen molar-refractivity contribution in [2.45, 2.75) is 26.3 Å². The van der Waals surface area contributed by atoms with Gasteiger partial charge in [0.1, 0.15) is 0 Å². The van der Waals surface area contributed by atoms with Crippen LogP contribution < -0.4 is 10.2 Å². The van der Waals surface area contributed by atoms with Crippen molar-refractivity contribution in [1.82, 2.24) is 5.32 Å². The number of anilines is 1. The fourth-order valence-corrected chi connectivity index (χ4v) is 2.28. The molecule has 0 saturated carbocycles. The van der Waals surface area contributed by atoms with Gasteiger partial charge in [0, 0.05) is 17.6 Å². The molecule has 0 saturated heterocycles. The van der Waals surface area contributed by atoms with Gasteiger partial charge in [-0.15, -0.1) is 0 Å². The fraction of sp³-hybridized carbons (Fsp3) is 0.429. The summed E-state index contributed by atoms with van der Waals surface area (Å²) in [4.78, 5) is 25.2. The van der Waals surface area contributed by atoms with E-state index < -0.39 is 11.7 Å². The zero-order valence-corrected chi connectivity index (χ0v) is 11.8. The average Bonchev–Trinajstić information content (AvgIpc) is 2.58. The monoisotopic (exact) mass is 280 g/mol. The fourth-order valence-electron chi connectivity index (χ4n) is 2.12. The zero-order chi connectivity index (χ0) is 14.0. The number of nitrogens with one attached hydrogen (secondary N) is 1. The molecule has 102 valence electrons. The summed E-state index contributed by atoms with van der Waals surface area (Å²) in [6.45, 7) is 5.47. The Balaban J connectivity index is 2.08. The summed E-state index contributed by atoms with van der Waals surface area (Å²) in [6, 6.07) is 5.34. The first-order valence-corrected chi connectivity index (χ1v) is 6.77. The molecule has 0 aliphatic carbocycles. The molecule has 0 bridgehead atoms. The summed E-state index contributed by atoms with van der Waals surface area (Å²) >= 11 is 5.93. The molecular weight excluding hydrogens is 264 g/mol. The van der Waals surface area contributed by atoms with Gasteiger partial charge in [-0.3, -0.25) is 9.59 Å². The van der Waals surface area contributed by atoms with Crippen molar-refractivity contribution in [1.29, 1.82) is 0 Å². The highest BCUT2D eigenvalue weighted by atomic mass is 35.5. The largest absolute Gasteiger partial charge is 0.314 e. The van der Waals surface area contributed by atoms with Crippen LogP contribution in [0, 0.1) is 0 Å². The van der Waals surface area contributed by atoms with Gasteiger partial charge in [0.05, 0.1) is 11.3 Å². The number of hydrogen-bond donors (Lipinski definition) is 1. The molecule has 1 amide bonds. The summed E-state index contributed by atoms with van der Waals surface area (Å²) in [5.41, 5.74) is 1.08. The molecule has 0 radical (unpaired) electrons. The van der Waals surface area contributed by atoms with Gasteiger partial charge in [0.15, 0.2) is 0 Å². The molecule has 19 heavy (non-hydrogen) atoms. The maximum Gasteiger partial charge on any atom is 0.299 e. The lowest BCUT2D eigenvalue weighted by molar-refractivity contribution is -0.114. The number of hydrogen-bond acceptors (Lipinski definition) is 3. The van der Waals surface area contributed by atoms with E-state index in [1.54, 1.807) is 18.2 Å². The van der Waals surface area contributed by atoms with E-state index in [9.17, 15) is 9.59 Å². The topological polar surface area (TPSA) is 49.4 Å². The molecule has 4 nitrogen and oxygen atoms in total. The van der Waals surface area contributed by atoms with Gasteiger partial charge >= 0.3 is 0 Å². The second-order valence-corrected chi connectivity index (χ2v) is 5.35. The highest BCUT2D eigenvalue weighted by Crippen LogP contribution is 2.31. The van der Waals surface area contributed by atoms with Crippen LogP contribution in [0.25, 0.3) is 0 Å². The van der Waals surface area contributed by atoms with E-state index >= 15 is 0 Å².